The Balaban J connectivity index is 1.38. The number of hydrogen-bond donors (Lipinski definition) is 2. The molecule has 1 aliphatic rings. The van der Waals surface area contributed by atoms with E-state index in [4.69, 9.17) is 14.2 Å². The van der Waals surface area contributed by atoms with Crippen molar-refractivity contribution in [2.45, 2.75) is 13.1 Å². The first kappa shape index (κ1) is 21.9. The molecule has 1 saturated heterocycles. The summed E-state index contributed by atoms with van der Waals surface area (Å²) in [6.07, 6.45) is 0. The van der Waals surface area contributed by atoms with Gasteiger partial charge >= 0.3 is 0 Å². The van der Waals surface area contributed by atoms with E-state index in [1.165, 1.54) is 11.1 Å². The van der Waals surface area contributed by atoms with Crippen molar-refractivity contribution in [3.05, 3.63) is 59.7 Å². The standard InChI is InChI=1S/C23H32N4O3/c1-24-23(25-10-13-30-22-8-6-21(28-2)7-9-22)26-17-19-4-3-5-20(16-19)18-27-11-14-29-15-12-27/h3-9,16H,10-15,17-18H2,1-2H3,(H2,24,25,26). The zero-order valence-electron chi connectivity index (χ0n) is 17.9. The number of nitrogens with zero attached hydrogens (tertiary/aromatic N) is 2. The van der Waals surface area contributed by atoms with Crippen molar-refractivity contribution in [1.29, 1.82) is 0 Å². The van der Waals surface area contributed by atoms with Crippen molar-refractivity contribution < 1.29 is 14.2 Å². The average Bonchev–Trinajstić information content (AvgIpc) is 2.80. The van der Waals surface area contributed by atoms with Crippen LogP contribution in [0.1, 0.15) is 11.1 Å². The van der Waals surface area contributed by atoms with E-state index in [2.05, 4.69) is 44.8 Å². The summed E-state index contributed by atoms with van der Waals surface area (Å²) in [6.45, 7) is 6.53. The SMILES string of the molecule is CN=C(NCCOc1ccc(OC)cc1)NCc1cccc(CN2CCOCC2)c1. The largest absolute Gasteiger partial charge is 0.497 e. The zero-order chi connectivity index (χ0) is 21.0. The number of morpholine rings is 1. The van der Waals surface area contributed by atoms with Gasteiger partial charge in [0.25, 0.3) is 0 Å². The minimum atomic E-state index is 0.544. The van der Waals surface area contributed by atoms with Gasteiger partial charge in [-0.3, -0.25) is 9.89 Å². The van der Waals surface area contributed by atoms with Gasteiger partial charge in [-0.25, -0.2) is 0 Å². The summed E-state index contributed by atoms with van der Waals surface area (Å²) in [6, 6.07) is 16.3. The Morgan fingerprint density at radius 3 is 2.50 bits per heavy atom. The predicted octanol–water partition coefficient (Wildman–Crippen LogP) is 2.27. The Kier molecular flexibility index (Phi) is 8.80. The third kappa shape index (κ3) is 7.24. The van der Waals surface area contributed by atoms with Crippen molar-refractivity contribution in [1.82, 2.24) is 15.5 Å². The average molecular weight is 413 g/mol. The van der Waals surface area contributed by atoms with Crippen LogP contribution in [0.4, 0.5) is 0 Å². The van der Waals surface area contributed by atoms with Gasteiger partial charge in [-0.15, -0.1) is 0 Å². The van der Waals surface area contributed by atoms with Crippen LogP contribution >= 0.6 is 0 Å². The van der Waals surface area contributed by atoms with E-state index < -0.39 is 0 Å². The molecule has 0 radical (unpaired) electrons. The Bertz CT molecular complexity index is 789. The second kappa shape index (κ2) is 12.0. The molecule has 0 aromatic heterocycles. The summed E-state index contributed by atoms with van der Waals surface area (Å²) in [5.41, 5.74) is 2.56. The van der Waals surface area contributed by atoms with E-state index in [9.17, 15) is 0 Å². The van der Waals surface area contributed by atoms with Crippen LogP contribution in [-0.2, 0) is 17.8 Å². The molecule has 1 fully saturated rings. The minimum Gasteiger partial charge on any atom is -0.497 e. The van der Waals surface area contributed by atoms with Crippen molar-refractivity contribution >= 4 is 5.96 Å². The fraction of sp³-hybridized carbons (Fsp3) is 0.435. The Hall–Kier alpha value is -2.77. The molecule has 1 heterocycles. The summed E-state index contributed by atoms with van der Waals surface area (Å²) >= 11 is 0. The third-order valence-corrected chi connectivity index (χ3v) is 4.91. The van der Waals surface area contributed by atoms with Crippen LogP contribution in [0.5, 0.6) is 11.5 Å². The number of hydrogen-bond acceptors (Lipinski definition) is 5. The molecule has 0 aliphatic carbocycles. The first-order valence-electron chi connectivity index (χ1n) is 10.4. The summed E-state index contributed by atoms with van der Waals surface area (Å²) in [7, 11) is 3.42. The lowest BCUT2D eigenvalue weighted by molar-refractivity contribution is 0.0342. The quantitative estimate of drug-likeness (QED) is 0.374. The number of guanidine groups is 1. The molecule has 2 N–H and O–H groups in total. The molecular formula is C23H32N4O3. The molecule has 0 atom stereocenters. The molecule has 30 heavy (non-hydrogen) atoms. The van der Waals surface area contributed by atoms with Gasteiger partial charge in [0.2, 0.25) is 0 Å². The summed E-state index contributed by atoms with van der Waals surface area (Å²) in [5, 5.41) is 6.64. The highest BCUT2D eigenvalue weighted by atomic mass is 16.5. The van der Waals surface area contributed by atoms with E-state index >= 15 is 0 Å². The van der Waals surface area contributed by atoms with Gasteiger partial charge in [0.15, 0.2) is 5.96 Å². The van der Waals surface area contributed by atoms with Crippen LogP contribution in [0.3, 0.4) is 0 Å². The number of ether oxygens (including phenoxy) is 3. The van der Waals surface area contributed by atoms with Gasteiger partial charge in [0.1, 0.15) is 18.1 Å². The number of methoxy groups -OCH3 is 1. The van der Waals surface area contributed by atoms with Crippen molar-refractivity contribution in [2.75, 3.05) is 53.6 Å². The molecule has 7 heteroatoms. The molecule has 0 saturated carbocycles. The normalized spacial score (nSPS) is 14.9. The number of rotatable bonds is 9. The Morgan fingerprint density at radius 2 is 1.77 bits per heavy atom. The molecular weight excluding hydrogens is 380 g/mol. The molecule has 3 rings (SSSR count). The van der Waals surface area contributed by atoms with Crippen LogP contribution in [0.15, 0.2) is 53.5 Å². The van der Waals surface area contributed by atoms with E-state index in [-0.39, 0.29) is 0 Å². The fourth-order valence-corrected chi connectivity index (χ4v) is 3.27. The Morgan fingerprint density at radius 1 is 1.03 bits per heavy atom. The highest BCUT2D eigenvalue weighted by Gasteiger charge is 2.10. The topological polar surface area (TPSA) is 67.4 Å². The lowest BCUT2D eigenvalue weighted by atomic mass is 10.1. The smallest absolute Gasteiger partial charge is 0.191 e. The van der Waals surface area contributed by atoms with Crippen LogP contribution in [0, 0.1) is 0 Å². The molecule has 162 valence electrons. The fourth-order valence-electron chi connectivity index (χ4n) is 3.27. The summed E-state index contributed by atoms with van der Waals surface area (Å²) in [5.74, 6) is 2.39. The number of benzene rings is 2. The first-order chi connectivity index (χ1) is 14.8. The van der Waals surface area contributed by atoms with Crippen LogP contribution in [0.25, 0.3) is 0 Å². The van der Waals surface area contributed by atoms with E-state index in [1.54, 1.807) is 14.2 Å². The monoisotopic (exact) mass is 412 g/mol. The maximum Gasteiger partial charge on any atom is 0.191 e. The minimum absolute atomic E-state index is 0.544. The number of aliphatic imine (C=N–C) groups is 1. The maximum atomic E-state index is 5.74. The summed E-state index contributed by atoms with van der Waals surface area (Å²) < 4.78 is 16.3. The highest BCUT2D eigenvalue weighted by Crippen LogP contribution is 2.16. The van der Waals surface area contributed by atoms with Gasteiger partial charge in [0, 0.05) is 33.2 Å². The second-order valence-electron chi connectivity index (χ2n) is 7.09. The van der Waals surface area contributed by atoms with E-state index in [1.807, 2.05) is 24.3 Å². The predicted molar refractivity (Wildman–Crippen MR) is 119 cm³/mol. The molecule has 0 amide bonds. The second-order valence-corrected chi connectivity index (χ2v) is 7.09. The highest BCUT2D eigenvalue weighted by molar-refractivity contribution is 5.79. The first-order valence-corrected chi connectivity index (χ1v) is 10.4. The van der Waals surface area contributed by atoms with Crippen molar-refractivity contribution in [3.8, 4) is 11.5 Å². The molecule has 0 spiro atoms. The maximum absolute atomic E-state index is 5.74. The van der Waals surface area contributed by atoms with Gasteiger partial charge in [-0.05, 0) is 35.4 Å². The lowest BCUT2D eigenvalue weighted by Gasteiger charge is -2.26. The molecule has 0 unspecified atom stereocenters. The van der Waals surface area contributed by atoms with E-state index in [0.29, 0.717) is 13.2 Å². The van der Waals surface area contributed by atoms with Gasteiger partial charge in [-0.1, -0.05) is 24.3 Å². The van der Waals surface area contributed by atoms with Crippen molar-refractivity contribution in [3.63, 3.8) is 0 Å². The van der Waals surface area contributed by atoms with Crippen molar-refractivity contribution in [2.24, 2.45) is 4.99 Å². The van der Waals surface area contributed by atoms with E-state index in [0.717, 1.165) is 56.9 Å². The number of nitrogens with one attached hydrogen (secondary N) is 2. The third-order valence-electron chi connectivity index (χ3n) is 4.91. The van der Waals surface area contributed by atoms with Crippen LogP contribution in [0.2, 0.25) is 0 Å². The molecule has 2 aromatic rings. The van der Waals surface area contributed by atoms with Gasteiger partial charge in [0.05, 0.1) is 26.9 Å². The summed E-state index contributed by atoms with van der Waals surface area (Å²) in [4.78, 5) is 6.72. The molecule has 0 bridgehead atoms. The molecule has 1 aliphatic heterocycles. The Labute approximate surface area is 179 Å². The van der Waals surface area contributed by atoms with Gasteiger partial charge < -0.3 is 24.8 Å². The van der Waals surface area contributed by atoms with Crippen LogP contribution < -0.4 is 20.1 Å². The lowest BCUT2D eigenvalue weighted by Crippen LogP contribution is -2.39. The molecule has 2 aromatic carbocycles. The molecule has 7 nitrogen and oxygen atoms in total. The zero-order valence-corrected chi connectivity index (χ0v) is 17.9. The van der Waals surface area contributed by atoms with Crippen LogP contribution in [-0.4, -0.2) is 64.5 Å². The van der Waals surface area contributed by atoms with Gasteiger partial charge in [-0.2, -0.15) is 0 Å².